The third kappa shape index (κ3) is 2.94. The number of nitrogens with zero attached hydrogens (tertiary/aromatic N) is 4. The molecule has 0 aliphatic rings. The van der Waals surface area contributed by atoms with Crippen LogP contribution in [0.4, 0.5) is 0 Å². The number of thioether (sulfide) groups is 1. The lowest BCUT2D eigenvalue weighted by Gasteiger charge is -1.90. The Bertz CT molecular complexity index is 520. The average molecular weight is 252 g/mol. The van der Waals surface area contributed by atoms with Gasteiger partial charge < -0.3 is 4.42 Å². The van der Waals surface area contributed by atoms with E-state index in [2.05, 4.69) is 15.3 Å². The van der Waals surface area contributed by atoms with Crippen LogP contribution in [0.3, 0.4) is 0 Å². The molecule has 0 aliphatic carbocycles. The van der Waals surface area contributed by atoms with E-state index in [0.29, 0.717) is 16.9 Å². The number of carbonyl (C=O) groups is 1. The molecule has 0 spiro atoms. The summed E-state index contributed by atoms with van der Waals surface area (Å²) in [5.74, 6) is 0.847. The van der Waals surface area contributed by atoms with Crippen molar-refractivity contribution in [2.24, 2.45) is 0 Å². The third-order valence-corrected chi connectivity index (χ3v) is 2.97. The van der Waals surface area contributed by atoms with Gasteiger partial charge in [-0.15, -0.1) is 10.2 Å². The topological polar surface area (TPSA) is 73.8 Å². The van der Waals surface area contributed by atoms with E-state index in [1.54, 1.807) is 10.9 Å². The fourth-order valence-electron chi connectivity index (χ4n) is 1.20. The summed E-state index contributed by atoms with van der Waals surface area (Å²) in [6.45, 7) is 4.31. The highest BCUT2D eigenvalue weighted by Crippen LogP contribution is 2.22. The summed E-state index contributed by atoms with van der Waals surface area (Å²) in [5, 5.41) is 12.3. The van der Waals surface area contributed by atoms with Crippen molar-refractivity contribution >= 4 is 17.5 Å². The summed E-state index contributed by atoms with van der Waals surface area (Å²) < 4.78 is 7.19. The van der Waals surface area contributed by atoms with Crippen LogP contribution in [0.1, 0.15) is 13.8 Å². The zero-order valence-corrected chi connectivity index (χ0v) is 10.4. The van der Waals surface area contributed by atoms with Crippen LogP contribution >= 0.6 is 11.8 Å². The first-order valence-corrected chi connectivity index (χ1v) is 6.16. The van der Waals surface area contributed by atoms with Crippen LogP contribution in [0.5, 0.6) is 0 Å². The molecule has 7 heteroatoms. The predicted molar refractivity (Wildman–Crippen MR) is 62.6 cm³/mol. The SMILES string of the molecule is CCn1cc(-c2nnc(SCC(C)=O)o2)cn1. The maximum atomic E-state index is 10.8. The lowest BCUT2D eigenvalue weighted by molar-refractivity contribution is -0.114. The minimum absolute atomic E-state index is 0.0774. The molecular formula is C10H12N4O2S. The molecule has 0 saturated carbocycles. The van der Waals surface area contributed by atoms with Gasteiger partial charge >= 0.3 is 0 Å². The van der Waals surface area contributed by atoms with Crippen molar-refractivity contribution in [2.75, 3.05) is 5.75 Å². The molecular weight excluding hydrogens is 240 g/mol. The molecule has 2 rings (SSSR count). The highest BCUT2D eigenvalue weighted by atomic mass is 32.2. The van der Waals surface area contributed by atoms with Crippen LogP contribution < -0.4 is 0 Å². The summed E-state index contributed by atoms with van der Waals surface area (Å²) in [5.41, 5.74) is 0.786. The third-order valence-electron chi connectivity index (χ3n) is 2.01. The molecule has 0 aromatic carbocycles. The molecule has 0 bridgehead atoms. The summed E-state index contributed by atoms with van der Waals surface area (Å²) in [7, 11) is 0. The monoisotopic (exact) mass is 252 g/mol. The molecule has 0 aliphatic heterocycles. The molecule has 2 aromatic heterocycles. The fourth-order valence-corrected chi connectivity index (χ4v) is 1.76. The van der Waals surface area contributed by atoms with Gasteiger partial charge in [0.15, 0.2) is 0 Å². The lowest BCUT2D eigenvalue weighted by Crippen LogP contribution is -1.92. The number of hydrogen-bond acceptors (Lipinski definition) is 6. The van der Waals surface area contributed by atoms with Gasteiger partial charge in [-0.05, 0) is 13.8 Å². The molecule has 17 heavy (non-hydrogen) atoms. The van der Waals surface area contributed by atoms with E-state index in [0.717, 1.165) is 12.1 Å². The molecule has 0 radical (unpaired) electrons. The van der Waals surface area contributed by atoms with Gasteiger partial charge in [-0.25, -0.2) is 0 Å². The Morgan fingerprint density at radius 2 is 2.35 bits per heavy atom. The highest BCUT2D eigenvalue weighted by molar-refractivity contribution is 7.99. The van der Waals surface area contributed by atoms with E-state index in [-0.39, 0.29) is 5.78 Å². The zero-order valence-electron chi connectivity index (χ0n) is 9.58. The molecule has 0 unspecified atom stereocenters. The average Bonchev–Trinajstić information content (AvgIpc) is 2.94. The first kappa shape index (κ1) is 11.8. The Morgan fingerprint density at radius 3 is 3.00 bits per heavy atom. The number of Topliss-reactive ketones (excluding diaryl/α,β-unsaturated/α-hetero) is 1. The normalized spacial score (nSPS) is 10.7. The van der Waals surface area contributed by atoms with Crippen LogP contribution in [-0.2, 0) is 11.3 Å². The number of aryl methyl sites for hydroxylation is 1. The number of hydrogen-bond donors (Lipinski definition) is 0. The molecule has 6 nitrogen and oxygen atoms in total. The standard InChI is InChI=1S/C10H12N4O2S/c1-3-14-5-8(4-11-14)9-12-13-10(16-9)17-6-7(2)15/h4-5H,3,6H2,1-2H3. The molecule has 0 atom stereocenters. The van der Waals surface area contributed by atoms with E-state index in [1.807, 2.05) is 13.1 Å². The van der Waals surface area contributed by atoms with Crippen LogP contribution in [-0.4, -0.2) is 31.5 Å². The lowest BCUT2D eigenvalue weighted by atomic mass is 10.4. The van der Waals surface area contributed by atoms with Gasteiger partial charge in [0.05, 0.1) is 17.5 Å². The molecule has 2 aromatic rings. The van der Waals surface area contributed by atoms with E-state index < -0.39 is 0 Å². The molecule has 0 amide bonds. The van der Waals surface area contributed by atoms with Crippen molar-refractivity contribution in [3.8, 4) is 11.5 Å². The molecule has 90 valence electrons. The number of carbonyl (C=O) groups excluding carboxylic acids is 1. The van der Waals surface area contributed by atoms with Crippen LogP contribution in [0.2, 0.25) is 0 Å². The molecule has 2 heterocycles. The highest BCUT2D eigenvalue weighted by Gasteiger charge is 2.11. The Balaban J connectivity index is 2.09. The van der Waals surface area contributed by atoms with E-state index >= 15 is 0 Å². The first-order valence-electron chi connectivity index (χ1n) is 5.17. The second-order valence-electron chi connectivity index (χ2n) is 3.45. The Hall–Kier alpha value is -1.63. The minimum Gasteiger partial charge on any atom is -0.411 e. The maximum absolute atomic E-state index is 10.8. The van der Waals surface area contributed by atoms with E-state index in [1.165, 1.54) is 18.7 Å². The Morgan fingerprint density at radius 1 is 1.53 bits per heavy atom. The van der Waals surface area contributed by atoms with Crippen molar-refractivity contribution < 1.29 is 9.21 Å². The van der Waals surface area contributed by atoms with Gasteiger partial charge in [-0.3, -0.25) is 9.48 Å². The zero-order chi connectivity index (χ0) is 12.3. The molecule has 0 N–H and O–H groups in total. The van der Waals surface area contributed by atoms with Crippen molar-refractivity contribution in [3.63, 3.8) is 0 Å². The van der Waals surface area contributed by atoms with E-state index in [9.17, 15) is 4.79 Å². The molecule has 0 saturated heterocycles. The van der Waals surface area contributed by atoms with Crippen molar-refractivity contribution in [1.29, 1.82) is 0 Å². The summed E-state index contributed by atoms with van der Waals surface area (Å²) in [4.78, 5) is 10.8. The van der Waals surface area contributed by atoms with Gasteiger partial charge in [0.25, 0.3) is 11.1 Å². The quantitative estimate of drug-likeness (QED) is 0.753. The first-order chi connectivity index (χ1) is 8.19. The number of rotatable bonds is 5. The smallest absolute Gasteiger partial charge is 0.277 e. The number of ketones is 1. The largest absolute Gasteiger partial charge is 0.411 e. The molecule has 0 fully saturated rings. The van der Waals surface area contributed by atoms with Crippen molar-refractivity contribution in [3.05, 3.63) is 12.4 Å². The minimum atomic E-state index is 0.0774. The summed E-state index contributed by atoms with van der Waals surface area (Å²) in [6, 6.07) is 0. The van der Waals surface area contributed by atoms with Crippen molar-refractivity contribution in [1.82, 2.24) is 20.0 Å². The predicted octanol–water partition coefficient (Wildman–Crippen LogP) is 1.63. The Kier molecular flexibility index (Phi) is 3.58. The van der Waals surface area contributed by atoms with Crippen LogP contribution in [0.25, 0.3) is 11.5 Å². The fraction of sp³-hybridized carbons (Fsp3) is 0.400. The second-order valence-corrected chi connectivity index (χ2v) is 4.38. The summed E-state index contributed by atoms with van der Waals surface area (Å²) >= 11 is 1.24. The van der Waals surface area contributed by atoms with Crippen LogP contribution in [0, 0.1) is 0 Å². The van der Waals surface area contributed by atoms with Gasteiger partial charge in [0, 0.05) is 12.7 Å². The van der Waals surface area contributed by atoms with Gasteiger partial charge in [0.2, 0.25) is 0 Å². The van der Waals surface area contributed by atoms with Gasteiger partial charge in [0.1, 0.15) is 5.78 Å². The van der Waals surface area contributed by atoms with Crippen LogP contribution in [0.15, 0.2) is 22.0 Å². The van der Waals surface area contributed by atoms with Gasteiger partial charge in [-0.1, -0.05) is 11.8 Å². The van der Waals surface area contributed by atoms with Gasteiger partial charge in [-0.2, -0.15) is 5.10 Å². The van der Waals surface area contributed by atoms with Crippen molar-refractivity contribution in [2.45, 2.75) is 25.6 Å². The second kappa shape index (κ2) is 5.13. The number of aromatic nitrogens is 4. The van der Waals surface area contributed by atoms with E-state index in [4.69, 9.17) is 4.42 Å². The summed E-state index contributed by atoms with van der Waals surface area (Å²) in [6.07, 6.45) is 3.52. The maximum Gasteiger partial charge on any atom is 0.277 e. The Labute approximate surface area is 102 Å².